The molecule has 30 heavy (non-hydrogen) atoms. The first-order chi connectivity index (χ1) is 14.1. The van der Waals surface area contributed by atoms with Crippen LogP contribution in [0.3, 0.4) is 0 Å². The molecule has 164 valence electrons. The van der Waals surface area contributed by atoms with Gasteiger partial charge in [-0.3, -0.25) is 9.36 Å². The number of nitrogens with zero attached hydrogens (tertiary/aromatic N) is 3. The Morgan fingerprint density at radius 2 is 1.97 bits per heavy atom. The molecule has 0 aliphatic rings. The van der Waals surface area contributed by atoms with E-state index in [0.717, 1.165) is 10.5 Å². The Labute approximate surface area is 179 Å². The van der Waals surface area contributed by atoms with Gasteiger partial charge in [0.25, 0.3) is 5.56 Å². The number of nitrogens with one attached hydrogen (secondary N) is 1. The second-order valence-corrected chi connectivity index (χ2v) is 7.42. The van der Waals surface area contributed by atoms with Gasteiger partial charge >= 0.3 is 12.3 Å². The summed E-state index contributed by atoms with van der Waals surface area (Å²) in [7, 11) is 1.38. The lowest BCUT2D eigenvalue weighted by molar-refractivity contribution is -0.142. The quantitative estimate of drug-likeness (QED) is 0.588. The van der Waals surface area contributed by atoms with Gasteiger partial charge in [-0.15, -0.1) is 0 Å². The molecule has 11 heteroatoms. The summed E-state index contributed by atoms with van der Waals surface area (Å²) in [6.07, 6.45) is -5.58. The number of likely N-dealkylation sites (N-methyl/N-ethyl adjacent to an activating group) is 1. The average molecular weight is 491 g/mol. The van der Waals surface area contributed by atoms with Crippen LogP contribution in [0.2, 0.25) is 0 Å². The van der Waals surface area contributed by atoms with Crippen LogP contribution in [0.15, 0.2) is 39.6 Å². The highest BCUT2D eigenvalue weighted by atomic mass is 79.9. The fraction of sp³-hybridized carbons (Fsp3) is 0.421. The van der Waals surface area contributed by atoms with Crippen LogP contribution in [0.5, 0.6) is 0 Å². The van der Waals surface area contributed by atoms with Crippen LogP contribution in [0, 0.1) is 0 Å². The van der Waals surface area contributed by atoms with Crippen molar-refractivity contribution in [3.8, 4) is 0 Å². The second kappa shape index (κ2) is 10.1. The maximum absolute atomic E-state index is 13.4. The molecule has 0 spiro atoms. The van der Waals surface area contributed by atoms with Gasteiger partial charge in [0.05, 0.1) is 12.6 Å². The van der Waals surface area contributed by atoms with E-state index in [-0.39, 0.29) is 25.5 Å². The van der Waals surface area contributed by atoms with Gasteiger partial charge in [0.15, 0.2) is 5.69 Å². The van der Waals surface area contributed by atoms with E-state index in [0.29, 0.717) is 6.42 Å². The Kier molecular flexibility index (Phi) is 8.02. The number of hydrogen-bond donors (Lipinski definition) is 2. The lowest BCUT2D eigenvalue weighted by Crippen LogP contribution is -2.38. The van der Waals surface area contributed by atoms with Crippen LogP contribution in [0.25, 0.3) is 0 Å². The smallest absolute Gasteiger partial charge is 0.434 e. The molecule has 1 unspecified atom stereocenters. The maximum atomic E-state index is 13.4. The Balaban J connectivity index is 2.48. The first-order valence-corrected chi connectivity index (χ1v) is 9.94. The zero-order chi connectivity index (χ0) is 22.5. The number of aromatic nitrogens is 2. The van der Waals surface area contributed by atoms with E-state index in [2.05, 4.69) is 26.2 Å². The van der Waals surface area contributed by atoms with Gasteiger partial charge in [0, 0.05) is 20.1 Å². The molecule has 2 aromatic rings. The van der Waals surface area contributed by atoms with E-state index in [9.17, 15) is 22.8 Å². The minimum atomic E-state index is -4.81. The van der Waals surface area contributed by atoms with Crippen LogP contribution in [0.1, 0.15) is 36.5 Å². The molecule has 0 saturated carbocycles. The predicted molar refractivity (Wildman–Crippen MR) is 108 cm³/mol. The number of hydrogen-bond acceptors (Lipinski definition) is 4. The van der Waals surface area contributed by atoms with Gasteiger partial charge in [-0.25, -0.2) is 9.78 Å². The standard InChI is InChI=1S/C19H22BrF3N4O3/c1-3-13(24-9-10-26(2)18(29)30)16-25-15(19(21,22)23)14(20)17(28)27(16)11-12-7-5-4-6-8-12/h4-8,13,24H,3,9-11H2,1-2H3,(H,29,30). The summed E-state index contributed by atoms with van der Waals surface area (Å²) in [5, 5.41) is 11.9. The van der Waals surface area contributed by atoms with Crippen LogP contribution in [0.4, 0.5) is 18.0 Å². The van der Waals surface area contributed by atoms with Crippen molar-refractivity contribution >= 4 is 22.0 Å². The normalized spacial score (nSPS) is 12.6. The summed E-state index contributed by atoms with van der Waals surface area (Å²) in [5.74, 6) is -0.0557. The molecule has 2 rings (SSSR count). The van der Waals surface area contributed by atoms with Gasteiger partial charge in [0.1, 0.15) is 10.3 Å². The second-order valence-electron chi connectivity index (χ2n) is 6.63. The summed E-state index contributed by atoms with van der Waals surface area (Å²) in [5.41, 5.74) is -1.39. The van der Waals surface area contributed by atoms with Gasteiger partial charge < -0.3 is 15.3 Å². The van der Waals surface area contributed by atoms with Gasteiger partial charge in [0.2, 0.25) is 0 Å². The van der Waals surface area contributed by atoms with Crippen molar-refractivity contribution in [2.45, 2.75) is 32.1 Å². The average Bonchev–Trinajstić information content (AvgIpc) is 2.69. The Hall–Kier alpha value is -2.40. The van der Waals surface area contributed by atoms with Crippen LogP contribution >= 0.6 is 15.9 Å². The first-order valence-electron chi connectivity index (χ1n) is 9.15. The molecular formula is C19H22BrF3N4O3. The van der Waals surface area contributed by atoms with Crippen molar-refractivity contribution in [3.63, 3.8) is 0 Å². The molecule has 1 aromatic carbocycles. The highest BCUT2D eigenvalue weighted by molar-refractivity contribution is 9.10. The third kappa shape index (κ3) is 5.82. The SMILES string of the molecule is CCC(NCCN(C)C(=O)O)c1nc(C(F)(F)F)c(Br)c(=O)n1Cc1ccccc1. The van der Waals surface area contributed by atoms with Gasteiger partial charge in [-0.2, -0.15) is 13.2 Å². The highest BCUT2D eigenvalue weighted by Gasteiger charge is 2.38. The minimum absolute atomic E-state index is 0.0476. The zero-order valence-corrected chi connectivity index (χ0v) is 18.0. The fourth-order valence-electron chi connectivity index (χ4n) is 2.84. The number of alkyl halides is 3. The van der Waals surface area contributed by atoms with Crippen molar-refractivity contribution in [3.05, 3.63) is 62.2 Å². The number of halogens is 4. The Morgan fingerprint density at radius 3 is 2.50 bits per heavy atom. The first kappa shape index (κ1) is 23.9. The summed E-state index contributed by atoms with van der Waals surface area (Å²) >= 11 is 2.76. The molecule has 1 heterocycles. The lowest BCUT2D eigenvalue weighted by Gasteiger charge is -2.24. The molecule has 0 radical (unpaired) electrons. The van der Waals surface area contributed by atoms with E-state index in [1.165, 1.54) is 11.6 Å². The van der Waals surface area contributed by atoms with E-state index in [4.69, 9.17) is 5.11 Å². The third-order valence-corrected chi connectivity index (χ3v) is 5.19. The third-order valence-electron chi connectivity index (χ3n) is 4.48. The van der Waals surface area contributed by atoms with E-state index >= 15 is 0 Å². The minimum Gasteiger partial charge on any atom is -0.465 e. The van der Waals surface area contributed by atoms with E-state index < -0.39 is 34.0 Å². The maximum Gasteiger partial charge on any atom is 0.434 e. The lowest BCUT2D eigenvalue weighted by atomic mass is 10.1. The molecule has 0 fully saturated rings. The number of carboxylic acid groups (broad SMARTS) is 1. The van der Waals surface area contributed by atoms with Crippen molar-refractivity contribution in [2.75, 3.05) is 20.1 Å². The highest BCUT2D eigenvalue weighted by Crippen LogP contribution is 2.32. The molecule has 7 nitrogen and oxygen atoms in total. The van der Waals surface area contributed by atoms with E-state index in [1.807, 2.05) is 0 Å². The van der Waals surface area contributed by atoms with Gasteiger partial charge in [-0.1, -0.05) is 37.3 Å². The molecule has 0 saturated heterocycles. The number of benzene rings is 1. The van der Waals surface area contributed by atoms with Crippen molar-refractivity contribution in [2.24, 2.45) is 0 Å². The summed E-state index contributed by atoms with van der Waals surface area (Å²) < 4.78 is 40.9. The van der Waals surface area contributed by atoms with Gasteiger partial charge in [-0.05, 0) is 27.9 Å². The summed E-state index contributed by atoms with van der Waals surface area (Å²) in [6.45, 7) is 2.09. The van der Waals surface area contributed by atoms with Crippen molar-refractivity contribution < 1.29 is 23.1 Å². The van der Waals surface area contributed by atoms with Crippen LogP contribution in [-0.2, 0) is 12.7 Å². The summed E-state index contributed by atoms with van der Waals surface area (Å²) in [6, 6.07) is 8.17. The van der Waals surface area contributed by atoms with Crippen molar-refractivity contribution in [1.82, 2.24) is 19.8 Å². The number of carbonyl (C=O) groups is 1. The zero-order valence-electron chi connectivity index (χ0n) is 16.4. The van der Waals surface area contributed by atoms with Crippen LogP contribution in [-0.4, -0.2) is 45.8 Å². The largest absolute Gasteiger partial charge is 0.465 e. The molecule has 0 bridgehead atoms. The monoisotopic (exact) mass is 490 g/mol. The molecule has 1 aromatic heterocycles. The molecule has 1 atom stereocenters. The number of rotatable bonds is 8. The molecule has 0 aliphatic carbocycles. The predicted octanol–water partition coefficient (Wildman–Crippen LogP) is 3.72. The Morgan fingerprint density at radius 1 is 1.33 bits per heavy atom. The fourth-order valence-corrected chi connectivity index (χ4v) is 3.37. The molecular weight excluding hydrogens is 469 g/mol. The molecule has 1 amide bonds. The van der Waals surface area contributed by atoms with Crippen LogP contribution < -0.4 is 10.9 Å². The summed E-state index contributed by atoms with van der Waals surface area (Å²) in [4.78, 5) is 28.6. The Bertz CT molecular complexity index is 935. The van der Waals surface area contributed by atoms with E-state index in [1.54, 1.807) is 37.3 Å². The van der Waals surface area contributed by atoms with Crippen molar-refractivity contribution in [1.29, 1.82) is 0 Å². The number of amides is 1. The topological polar surface area (TPSA) is 87.5 Å². The molecule has 0 aliphatic heterocycles. The molecule has 2 N–H and O–H groups in total.